The summed E-state index contributed by atoms with van der Waals surface area (Å²) in [6.45, 7) is 61.7. The number of fused-ring (bicyclic) bond motifs is 4. The maximum absolute atomic E-state index is 14.2. The third kappa shape index (κ3) is 27.0. The number of aryl methyl sites for hydroxylation is 26. The summed E-state index contributed by atoms with van der Waals surface area (Å²) in [7, 11) is -4.47. The van der Waals surface area contributed by atoms with Crippen LogP contribution in [0.5, 0.6) is 0 Å². The molecule has 756 valence electrons. The van der Waals surface area contributed by atoms with Crippen molar-refractivity contribution in [1.29, 1.82) is 0 Å². The minimum absolute atomic E-state index is 0.293. The van der Waals surface area contributed by atoms with Gasteiger partial charge in [0.25, 0.3) is 0 Å². The molecule has 0 aliphatic carbocycles. The van der Waals surface area contributed by atoms with Crippen LogP contribution in [0, 0.1) is 180 Å². The lowest BCUT2D eigenvalue weighted by Gasteiger charge is -2.20. The highest BCUT2D eigenvalue weighted by Gasteiger charge is 2.30. The summed E-state index contributed by atoms with van der Waals surface area (Å²) in [5.74, 6) is 0. The lowest BCUT2D eigenvalue weighted by Crippen LogP contribution is -2.51. The van der Waals surface area contributed by atoms with E-state index in [4.69, 9.17) is 0 Å². The molecule has 0 bridgehead atoms. The molecule has 0 fully saturated rings. The Morgan fingerprint density at radius 1 is 0.153 bits per heavy atom. The maximum atomic E-state index is 14.2. The zero-order valence-corrected chi connectivity index (χ0v) is 96.0. The fourth-order valence-corrected chi connectivity index (χ4v) is 22.8. The molecule has 0 heterocycles. The fraction of sp³-hybridized carbons (Fsp3) is 0.200. The Bertz CT molecular complexity index is 7920. The molecule has 5 heteroatoms. The lowest BCUT2D eigenvalue weighted by molar-refractivity contribution is 0.586. The molecular weight excluding hydrogens is 1850 g/mol. The number of rotatable bonds is 9. The van der Waals surface area contributed by atoms with Gasteiger partial charge in [0.15, 0.2) is 7.14 Å². The van der Waals surface area contributed by atoms with Crippen LogP contribution in [-0.2, 0) is 9.13 Å². The standard InChI is InChI=1S/C27H24.C21H21B.C21H21OP.C20H18.C17H16.C14H16.C12H12.C10H14.C3H9OP/c1-19-4-10-22(11-5-19)25-16-26(23-12-6-20(2)7-13-23)18-27(17-25)24-14-8-21(3)9-15-24;1-16-4-10-19(11-5-16)22(20-12-6-17(2)7-13-20)21-14-8-18(3)9-15-21;1-16-4-10-19(11-5-16)23(22,20-12-6-17(2)7-13-20)21-14-8-18(3)9-15-21;1-11-9-12(2)16-7-8-18-14(4)10-13(3)17-6-5-15(11)19(16)20(17)18;1-11-7-6-10-16-12(2)14-8-4-5-9-15(14)13(3)17(11)16;1-9-5-7-14-12(4)10(2)6-8-13(14)11(9)3;1-9-7-8-10(2)12-6-4-3-5-11(9)12;1-7-5-9(3)10(4)6-8(7)2;1-5(2,3)4/h4-18H,1-3H3;4-15H,1-3H3;4-15H,1-3H3;5-10H,1-4H3;4-10H,1-3H3;5-8H,1-4H3;3-8H,1-2H3;5-6H,1-4H3;1-3H3. The van der Waals surface area contributed by atoms with Crippen molar-refractivity contribution in [1.82, 2.24) is 0 Å². The van der Waals surface area contributed by atoms with Crippen molar-refractivity contribution in [3.05, 3.63) is 533 Å². The molecule has 0 N–H and O–H groups in total. The number of hydrogen-bond acceptors (Lipinski definition) is 2. The van der Waals surface area contributed by atoms with Crippen LogP contribution in [0.15, 0.2) is 388 Å². The highest BCUT2D eigenvalue weighted by atomic mass is 31.2. The second kappa shape index (κ2) is 49.3. The van der Waals surface area contributed by atoms with Crippen LogP contribution < -0.4 is 32.3 Å². The van der Waals surface area contributed by atoms with Gasteiger partial charge in [-0.15, -0.1) is 0 Å². The van der Waals surface area contributed by atoms with Crippen molar-refractivity contribution in [2.24, 2.45) is 0 Å². The highest BCUT2D eigenvalue weighted by molar-refractivity contribution is 7.85. The predicted molar refractivity (Wildman–Crippen MR) is 667 cm³/mol. The number of benzene rings is 22. The summed E-state index contributed by atoms with van der Waals surface area (Å²) in [6.07, 6.45) is 0. The molecule has 0 radical (unpaired) electrons. The van der Waals surface area contributed by atoms with Gasteiger partial charge in [-0.3, -0.25) is 0 Å². The van der Waals surface area contributed by atoms with Crippen LogP contribution in [-0.4, -0.2) is 26.7 Å². The van der Waals surface area contributed by atoms with Crippen LogP contribution in [0.1, 0.15) is 145 Å². The first kappa shape index (κ1) is 111. The molecule has 0 saturated carbocycles. The fourth-order valence-electron chi connectivity index (χ4n) is 20.2. The van der Waals surface area contributed by atoms with Crippen molar-refractivity contribution < 1.29 is 9.13 Å². The molecule has 0 amide bonds. The SMILES string of the molecule is CP(C)(C)=O.Cc1c2ccccc2c(C)c2c(C)cccc12.Cc1cc(C)c(C)cc1C.Cc1cc(C)c2ccc3c(C)cc(C)c4ccc1c2c43.Cc1ccc(-c2cc(-c3ccc(C)cc3)cc(-c3ccc(C)cc3)c2)cc1.Cc1ccc(B(c2ccc(C)cc2)c2ccc(C)cc2)cc1.Cc1ccc(C)c2ccccc12.Cc1ccc(P(=O)(c2ccc(C)cc2)c2ccc(C)cc2)cc1.Cc1ccc2c(C)c(C)ccc2c1C. The van der Waals surface area contributed by atoms with E-state index in [1.54, 1.807) is 20.0 Å². The van der Waals surface area contributed by atoms with Crippen LogP contribution in [0.3, 0.4) is 0 Å². The van der Waals surface area contributed by atoms with Crippen LogP contribution in [0.2, 0.25) is 0 Å². The van der Waals surface area contributed by atoms with Crippen molar-refractivity contribution in [3.63, 3.8) is 0 Å². The average Bonchev–Trinajstić information content (AvgIpc) is 0.721. The van der Waals surface area contributed by atoms with Crippen molar-refractivity contribution in [2.45, 2.75) is 180 Å². The first-order valence-electron chi connectivity index (χ1n) is 52.9. The third-order valence-electron chi connectivity index (χ3n) is 29.8. The van der Waals surface area contributed by atoms with Gasteiger partial charge in [0.2, 0.25) is 6.71 Å². The van der Waals surface area contributed by atoms with Crippen molar-refractivity contribution in [3.8, 4) is 33.4 Å². The minimum atomic E-state index is -2.84. The topological polar surface area (TPSA) is 34.1 Å². The van der Waals surface area contributed by atoms with E-state index in [-0.39, 0.29) is 0 Å². The molecule has 0 saturated heterocycles. The van der Waals surface area contributed by atoms with E-state index in [1.165, 1.54) is 270 Å². The van der Waals surface area contributed by atoms with Gasteiger partial charge in [-0.1, -0.05) is 437 Å². The molecule has 22 rings (SSSR count). The smallest absolute Gasteiger partial charge is 0.241 e. The second-order valence-electron chi connectivity index (χ2n) is 42.8. The molecule has 150 heavy (non-hydrogen) atoms. The molecule has 0 spiro atoms. The predicted octanol–water partition coefficient (Wildman–Crippen LogP) is 37.4. The highest BCUT2D eigenvalue weighted by Crippen LogP contribution is 2.45. The average molecular weight is 2000 g/mol. The van der Waals surface area contributed by atoms with Gasteiger partial charge < -0.3 is 9.13 Å². The summed E-state index contributed by atoms with van der Waals surface area (Å²) in [6, 6.07) is 139. The van der Waals surface area contributed by atoms with Crippen LogP contribution >= 0.6 is 14.3 Å². The summed E-state index contributed by atoms with van der Waals surface area (Å²) in [4.78, 5) is 0. The van der Waals surface area contributed by atoms with Gasteiger partial charge in [-0.05, 0) is 422 Å². The largest absolute Gasteiger partial charge is 0.324 e. The Kier molecular flexibility index (Phi) is 36.5. The van der Waals surface area contributed by atoms with Crippen molar-refractivity contribution in [2.75, 3.05) is 20.0 Å². The van der Waals surface area contributed by atoms with Gasteiger partial charge in [-0.25, -0.2) is 0 Å². The summed E-state index contributed by atoms with van der Waals surface area (Å²) in [5.41, 5.74) is 46.4. The molecule has 2 nitrogen and oxygen atoms in total. The van der Waals surface area contributed by atoms with Gasteiger partial charge in [0.1, 0.15) is 0 Å². The monoisotopic (exact) mass is 2000 g/mol. The zero-order chi connectivity index (χ0) is 108. The van der Waals surface area contributed by atoms with Gasteiger partial charge in [-0.2, -0.15) is 0 Å². The normalized spacial score (nSPS) is 11.0. The zero-order valence-electron chi connectivity index (χ0n) is 94.2. The third-order valence-corrected chi connectivity index (χ3v) is 32.9. The molecule has 0 aliphatic rings. The van der Waals surface area contributed by atoms with E-state index >= 15 is 0 Å². The molecule has 22 aromatic carbocycles. The molecule has 0 aromatic heterocycles. The Balaban J connectivity index is 0.000000136. The summed E-state index contributed by atoms with van der Waals surface area (Å²) in [5, 5.41) is 22.2. The maximum Gasteiger partial charge on any atom is 0.241 e. The first-order valence-corrected chi connectivity index (χ1v) is 57.6. The summed E-state index contributed by atoms with van der Waals surface area (Å²) < 4.78 is 24.4. The Labute approximate surface area is 897 Å². The molecule has 0 atom stereocenters. The molecule has 22 aromatic rings. The van der Waals surface area contributed by atoms with E-state index in [2.05, 4.69) is 475 Å². The Hall–Kier alpha value is -14.6. The van der Waals surface area contributed by atoms with Crippen LogP contribution in [0.4, 0.5) is 0 Å². The Morgan fingerprint density at radius 3 is 0.653 bits per heavy atom. The van der Waals surface area contributed by atoms with E-state index < -0.39 is 14.3 Å². The molecule has 0 aliphatic heterocycles. The lowest BCUT2D eigenvalue weighted by atomic mass is 9.37. The van der Waals surface area contributed by atoms with E-state index in [1.807, 2.05) is 93.6 Å². The summed E-state index contributed by atoms with van der Waals surface area (Å²) >= 11 is 0. The molecular formula is C145H151BO2P2. The van der Waals surface area contributed by atoms with Gasteiger partial charge in [0.05, 0.1) is 7.14 Å². The van der Waals surface area contributed by atoms with E-state index in [9.17, 15) is 9.13 Å². The van der Waals surface area contributed by atoms with Crippen molar-refractivity contribution >= 4 is 129 Å². The molecule has 0 unspecified atom stereocenters. The Morgan fingerprint density at radius 2 is 0.373 bits per heavy atom. The number of hydrogen-bond donors (Lipinski definition) is 0. The minimum Gasteiger partial charge on any atom is -0.324 e. The van der Waals surface area contributed by atoms with Gasteiger partial charge >= 0.3 is 0 Å². The first-order chi connectivity index (χ1) is 71.5. The quantitative estimate of drug-likeness (QED) is 0.0625. The van der Waals surface area contributed by atoms with Gasteiger partial charge in [0, 0.05) is 15.9 Å². The van der Waals surface area contributed by atoms with E-state index in [0.717, 1.165) is 15.9 Å². The van der Waals surface area contributed by atoms with E-state index in [0.29, 0.717) is 6.71 Å². The second-order valence-corrected chi connectivity index (χ2v) is 49.4. The van der Waals surface area contributed by atoms with Crippen LogP contribution in [0.25, 0.3) is 109 Å².